The van der Waals surface area contributed by atoms with E-state index in [2.05, 4.69) is 27.4 Å². The van der Waals surface area contributed by atoms with Crippen molar-refractivity contribution in [3.8, 4) is 11.5 Å². The highest BCUT2D eigenvalue weighted by atomic mass is 16.5. The Morgan fingerprint density at radius 2 is 2.29 bits per heavy atom. The van der Waals surface area contributed by atoms with E-state index in [0.29, 0.717) is 24.7 Å². The molecule has 0 aliphatic rings. The Kier molecular flexibility index (Phi) is 5.83. The van der Waals surface area contributed by atoms with E-state index >= 15 is 0 Å². The number of hydrogen-bond acceptors (Lipinski definition) is 6. The van der Waals surface area contributed by atoms with Gasteiger partial charge in [0.05, 0.1) is 6.61 Å². The van der Waals surface area contributed by atoms with Crippen molar-refractivity contribution in [2.75, 3.05) is 20.3 Å². The second kappa shape index (κ2) is 7.85. The molecule has 0 fully saturated rings. The molecule has 114 valence electrons. The topological polar surface area (TPSA) is 73.1 Å². The van der Waals surface area contributed by atoms with Gasteiger partial charge in [0.1, 0.15) is 5.69 Å². The monoisotopic (exact) mass is 290 g/mol. The van der Waals surface area contributed by atoms with Crippen LogP contribution in [0.4, 0.5) is 0 Å². The molecule has 1 unspecified atom stereocenters. The molecule has 2 aromatic rings. The number of hydrogen-bond donors (Lipinski definition) is 1. The molecule has 2 aromatic heterocycles. The van der Waals surface area contributed by atoms with Gasteiger partial charge in [-0.05, 0) is 31.5 Å². The summed E-state index contributed by atoms with van der Waals surface area (Å²) in [7, 11) is 1.69. The van der Waals surface area contributed by atoms with E-state index in [0.717, 1.165) is 24.2 Å². The normalized spacial score (nSPS) is 12.5. The van der Waals surface area contributed by atoms with Crippen molar-refractivity contribution in [2.24, 2.45) is 0 Å². The van der Waals surface area contributed by atoms with E-state index in [1.165, 1.54) is 0 Å². The summed E-state index contributed by atoms with van der Waals surface area (Å²) in [5.74, 6) is 1.13. The molecular formula is C15H22N4O2. The molecule has 0 saturated carbocycles. The van der Waals surface area contributed by atoms with Gasteiger partial charge < -0.3 is 14.6 Å². The Morgan fingerprint density at radius 3 is 3.00 bits per heavy atom. The summed E-state index contributed by atoms with van der Waals surface area (Å²) in [5.41, 5.74) is 1.79. The zero-order chi connectivity index (χ0) is 15.1. The lowest BCUT2D eigenvalue weighted by atomic mass is 10.2. The molecule has 1 N–H and O–H groups in total. The first kappa shape index (κ1) is 15.6. The van der Waals surface area contributed by atoms with Crippen LogP contribution in [0.1, 0.15) is 24.8 Å². The van der Waals surface area contributed by atoms with Crippen LogP contribution in [-0.4, -0.2) is 41.4 Å². The highest BCUT2D eigenvalue weighted by Crippen LogP contribution is 2.17. The molecule has 0 aliphatic heterocycles. The molecule has 1 atom stereocenters. The van der Waals surface area contributed by atoms with Crippen LogP contribution in [0.5, 0.6) is 0 Å². The van der Waals surface area contributed by atoms with Gasteiger partial charge in [-0.1, -0.05) is 18.1 Å². The minimum Gasteiger partial charge on any atom is -0.383 e. The largest absolute Gasteiger partial charge is 0.383 e. The maximum absolute atomic E-state index is 5.33. The van der Waals surface area contributed by atoms with Crippen molar-refractivity contribution in [2.45, 2.75) is 32.7 Å². The van der Waals surface area contributed by atoms with E-state index in [-0.39, 0.29) is 6.04 Å². The fraction of sp³-hybridized carbons (Fsp3) is 0.533. The van der Waals surface area contributed by atoms with Gasteiger partial charge in [0.2, 0.25) is 11.7 Å². The third-order valence-corrected chi connectivity index (χ3v) is 3.16. The molecule has 0 radical (unpaired) electrons. The van der Waals surface area contributed by atoms with Crippen molar-refractivity contribution >= 4 is 0 Å². The van der Waals surface area contributed by atoms with Crippen LogP contribution in [0.3, 0.4) is 0 Å². The fourth-order valence-electron chi connectivity index (χ4n) is 2.10. The van der Waals surface area contributed by atoms with Gasteiger partial charge >= 0.3 is 0 Å². The van der Waals surface area contributed by atoms with Gasteiger partial charge in [0, 0.05) is 25.8 Å². The van der Waals surface area contributed by atoms with Crippen LogP contribution in [-0.2, 0) is 11.2 Å². The molecule has 6 heteroatoms. The molecule has 6 nitrogen and oxygen atoms in total. The number of aromatic nitrogens is 3. The molecule has 0 saturated heterocycles. The summed E-state index contributed by atoms with van der Waals surface area (Å²) in [4.78, 5) is 8.74. The SMILES string of the molecule is CCCNC(COC)Cc1nc(-c2ncccc2C)no1. The van der Waals surface area contributed by atoms with Crippen LogP contribution in [0.25, 0.3) is 11.5 Å². The van der Waals surface area contributed by atoms with E-state index in [9.17, 15) is 0 Å². The average Bonchev–Trinajstić information content (AvgIpc) is 2.94. The van der Waals surface area contributed by atoms with Gasteiger partial charge in [-0.2, -0.15) is 4.98 Å². The first-order valence-corrected chi connectivity index (χ1v) is 7.21. The zero-order valence-corrected chi connectivity index (χ0v) is 12.8. The van der Waals surface area contributed by atoms with E-state index in [1.807, 2.05) is 19.1 Å². The summed E-state index contributed by atoms with van der Waals surface area (Å²) < 4.78 is 10.6. The summed E-state index contributed by atoms with van der Waals surface area (Å²) in [6, 6.07) is 4.05. The zero-order valence-electron chi connectivity index (χ0n) is 12.8. The number of nitrogens with one attached hydrogen (secondary N) is 1. The maximum Gasteiger partial charge on any atom is 0.228 e. The third-order valence-electron chi connectivity index (χ3n) is 3.16. The Morgan fingerprint density at radius 1 is 1.43 bits per heavy atom. The Hall–Kier alpha value is -1.79. The van der Waals surface area contributed by atoms with Crippen LogP contribution in [0.2, 0.25) is 0 Å². The Labute approximate surface area is 124 Å². The molecule has 0 aromatic carbocycles. The van der Waals surface area contributed by atoms with E-state index in [1.54, 1.807) is 13.3 Å². The number of rotatable bonds is 8. The highest BCUT2D eigenvalue weighted by molar-refractivity contribution is 5.53. The third kappa shape index (κ3) is 4.34. The predicted molar refractivity (Wildman–Crippen MR) is 79.9 cm³/mol. The highest BCUT2D eigenvalue weighted by Gasteiger charge is 2.16. The number of ether oxygens (including phenoxy) is 1. The molecule has 2 rings (SSSR count). The first-order chi connectivity index (χ1) is 10.2. The fourth-order valence-corrected chi connectivity index (χ4v) is 2.10. The van der Waals surface area contributed by atoms with Crippen molar-refractivity contribution in [1.29, 1.82) is 0 Å². The Bertz CT molecular complexity index is 556. The number of pyridine rings is 1. The van der Waals surface area contributed by atoms with Crippen molar-refractivity contribution in [3.63, 3.8) is 0 Å². The van der Waals surface area contributed by atoms with Crippen molar-refractivity contribution in [3.05, 3.63) is 29.8 Å². The van der Waals surface area contributed by atoms with Crippen molar-refractivity contribution in [1.82, 2.24) is 20.4 Å². The molecule has 0 aliphatic carbocycles. The van der Waals surface area contributed by atoms with Crippen LogP contribution in [0.15, 0.2) is 22.9 Å². The van der Waals surface area contributed by atoms with Gasteiger partial charge in [0.15, 0.2) is 0 Å². The maximum atomic E-state index is 5.33. The standard InChI is InChI=1S/C15H22N4O2/c1-4-7-16-12(10-20-3)9-13-18-15(19-21-13)14-11(2)6-5-8-17-14/h5-6,8,12,16H,4,7,9-10H2,1-3H3. The van der Waals surface area contributed by atoms with Gasteiger partial charge in [-0.3, -0.25) is 4.98 Å². The second-order valence-electron chi connectivity index (χ2n) is 4.99. The summed E-state index contributed by atoms with van der Waals surface area (Å²) in [5, 5.41) is 7.43. The molecule has 2 heterocycles. The summed E-state index contributed by atoms with van der Waals surface area (Å²) in [6.45, 7) is 5.66. The smallest absolute Gasteiger partial charge is 0.228 e. The summed E-state index contributed by atoms with van der Waals surface area (Å²) in [6.07, 6.45) is 3.45. The number of aryl methyl sites for hydroxylation is 1. The van der Waals surface area contributed by atoms with Crippen LogP contribution in [0, 0.1) is 6.92 Å². The lowest BCUT2D eigenvalue weighted by Crippen LogP contribution is -2.35. The van der Waals surface area contributed by atoms with Crippen molar-refractivity contribution < 1.29 is 9.26 Å². The number of nitrogens with zero attached hydrogens (tertiary/aromatic N) is 3. The molecule has 0 bridgehead atoms. The van der Waals surface area contributed by atoms with E-state index in [4.69, 9.17) is 9.26 Å². The lowest BCUT2D eigenvalue weighted by Gasteiger charge is -2.15. The molecular weight excluding hydrogens is 268 g/mol. The second-order valence-corrected chi connectivity index (χ2v) is 4.99. The molecule has 0 amide bonds. The van der Waals surface area contributed by atoms with Crippen LogP contribution < -0.4 is 5.32 Å². The quantitative estimate of drug-likeness (QED) is 0.801. The minimum atomic E-state index is 0.174. The van der Waals surface area contributed by atoms with Gasteiger partial charge in [-0.15, -0.1) is 0 Å². The number of methoxy groups -OCH3 is 1. The average molecular weight is 290 g/mol. The van der Waals surface area contributed by atoms with Gasteiger partial charge in [0.25, 0.3) is 0 Å². The summed E-state index contributed by atoms with van der Waals surface area (Å²) >= 11 is 0. The van der Waals surface area contributed by atoms with Gasteiger partial charge in [-0.25, -0.2) is 0 Å². The molecule has 0 spiro atoms. The van der Waals surface area contributed by atoms with Crippen LogP contribution >= 0.6 is 0 Å². The first-order valence-electron chi connectivity index (χ1n) is 7.21. The Balaban J connectivity index is 2.06. The molecule has 21 heavy (non-hydrogen) atoms. The minimum absolute atomic E-state index is 0.174. The van der Waals surface area contributed by atoms with E-state index < -0.39 is 0 Å². The lowest BCUT2D eigenvalue weighted by molar-refractivity contribution is 0.161. The predicted octanol–water partition coefficient (Wildman–Crippen LogP) is 2.00.